The Hall–Kier alpha value is -1.88. The van der Waals surface area contributed by atoms with Gasteiger partial charge in [0.25, 0.3) is 0 Å². The van der Waals surface area contributed by atoms with Crippen LogP contribution in [0.5, 0.6) is 11.5 Å². The highest BCUT2D eigenvalue weighted by Gasteiger charge is 2.11. The minimum absolute atomic E-state index is 0. The molecule has 0 aliphatic heterocycles. The average molecular weight is 296 g/mol. The van der Waals surface area contributed by atoms with E-state index in [0.29, 0.717) is 5.69 Å². The average Bonchev–Trinajstić information content (AvgIpc) is 2.33. The van der Waals surface area contributed by atoms with Crippen LogP contribution in [-0.2, 0) is 0 Å². The van der Waals surface area contributed by atoms with E-state index >= 15 is 0 Å². The van der Waals surface area contributed by atoms with E-state index < -0.39 is 0 Å². The summed E-state index contributed by atoms with van der Waals surface area (Å²) in [5, 5.41) is 18.4. The van der Waals surface area contributed by atoms with E-state index in [0.717, 1.165) is 0 Å². The van der Waals surface area contributed by atoms with Gasteiger partial charge in [0.05, 0.1) is 0 Å². The number of phenols is 2. The Morgan fingerprint density at radius 3 is 2.41 bits per heavy atom. The van der Waals surface area contributed by atoms with Gasteiger partial charge in [-0.25, -0.2) is 0 Å². The summed E-state index contributed by atoms with van der Waals surface area (Å²) >= 11 is 0. The summed E-state index contributed by atoms with van der Waals surface area (Å²) in [6.45, 7) is 0. The van der Waals surface area contributed by atoms with Gasteiger partial charge in [0.15, 0.2) is 11.5 Å². The number of halogens is 1. The van der Waals surface area contributed by atoms with Crippen LogP contribution < -0.4 is 0 Å². The van der Waals surface area contributed by atoms with Crippen molar-refractivity contribution < 1.29 is 15.0 Å². The fourth-order valence-electron chi connectivity index (χ4n) is 1.31. The molecule has 0 amide bonds. The van der Waals surface area contributed by atoms with Crippen molar-refractivity contribution in [3.63, 3.8) is 0 Å². The van der Waals surface area contributed by atoms with Gasteiger partial charge in [-0.3, -0.25) is 9.78 Å². The summed E-state index contributed by atoms with van der Waals surface area (Å²) < 4.78 is 0. The Balaban J connectivity index is 0.00000144. The third-order valence-corrected chi connectivity index (χ3v) is 2.14. The number of aromatic hydroxyl groups is 2. The van der Waals surface area contributed by atoms with E-state index in [4.69, 9.17) is 5.11 Å². The number of nitrogens with zero attached hydrogens (tertiary/aromatic N) is 1. The lowest BCUT2D eigenvalue weighted by Crippen LogP contribution is -2.02. The first-order valence-electron chi connectivity index (χ1n) is 4.66. The standard InChI is InChI=1S/C12H9NO3.BrH/c14-10-5-4-8(7-11(10)15)12(16)9-3-1-2-6-13-9;/h1-7,14-15H;1H. The molecule has 2 N–H and O–H groups in total. The lowest BCUT2D eigenvalue weighted by molar-refractivity contribution is 0.103. The number of hydrogen-bond acceptors (Lipinski definition) is 4. The summed E-state index contributed by atoms with van der Waals surface area (Å²) in [6.07, 6.45) is 1.52. The molecule has 88 valence electrons. The quantitative estimate of drug-likeness (QED) is 0.659. The van der Waals surface area contributed by atoms with Crippen LogP contribution in [0, 0.1) is 0 Å². The van der Waals surface area contributed by atoms with Crippen LogP contribution in [-0.4, -0.2) is 21.0 Å². The molecule has 5 heteroatoms. The largest absolute Gasteiger partial charge is 0.504 e. The van der Waals surface area contributed by atoms with E-state index in [-0.39, 0.29) is 39.8 Å². The summed E-state index contributed by atoms with van der Waals surface area (Å²) in [6, 6.07) is 8.93. The molecular weight excluding hydrogens is 286 g/mol. The zero-order chi connectivity index (χ0) is 11.5. The Labute approximate surface area is 108 Å². The number of benzene rings is 1. The first-order valence-corrected chi connectivity index (χ1v) is 4.66. The van der Waals surface area contributed by atoms with Crippen LogP contribution in [0.3, 0.4) is 0 Å². The van der Waals surface area contributed by atoms with Crippen LogP contribution in [0.2, 0.25) is 0 Å². The molecule has 1 aromatic carbocycles. The van der Waals surface area contributed by atoms with Gasteiger partial charge in [-0.05, 0) is 30.3 Å². The minimum atomic E-state index is -0.318. The SMILES string of the molecule is Br.O=C(c1ccc(O)c(O)c1)c1ccccn1. The van der Waals surface area contributed by atoms with E-state index in [1.165, 1.54) is 24.4 Å². The fraction of sp³-hybridized carbons (Fsp3) is 0. The first-order chi connectivity index (χ1) is 7.68. The third-order valence-electron chi connectivity index (χ3n) is 2.14. The number of carbonyl (C=O) groups is 1. The number of ketones is 1. The summed E-state index contributed by atoms with van der Waals surface area (Å²) in [5.74, 6) is -0.866. The molecule has 4 nitrogen and oxygen atoms in total. The molecule has 1 aromatic heterocycles. The Kier molecular flexibility index (Phi) is 4.23. The lowest BCUT2D eigenvalue weighted by Gasteiger charge is -2.02. The van der Waals surface area contributed by atoms with Crippen molar-refractivity contribution in [1.82, 2.24) is 4.98 Å². The van der Waals surface area contributed by atoms with Gasteiger partial charge in [0.1, 0.15) is 5.69 Å². The number of hydrogen-bond donors (Lipinski definition) is 2. The molecule has 0 aliphatic carbocycles. The number of aromatic nitrogens is 1. The molecular formula is C12H10BrNO3. The maximum atomic E-state index is 11.9. The fourth-order valence-corrected chi connectivity index (χ4v) is 1.31. The molecule has 0 radical (unpaired) electrons. The monoisotopic (exact) mass is 295 g/mol. The lowest BCUT2D eigenvalue weighted by atomic mass is 10.1. The van der Waals surface area contributed by atoms with Crippen LogP contribution in [0.15, 0.2) is 42.6 Å². The predicted octanol–water partition coefficient (Wildman–Crippen LogP) is 2.30. The van der Waals surface area contributed by atoms with Crippen molar-refractivity contribution >= 4 is 22.8 Å². The van der Waals surface area contributed by atoms with Gasteiger partial charge in [0.2, 0.25) is 5.78 Å². The number of pyridine rings is 1. The van der Waals surface area contributed by atoms with Crippen molar-refractivity contribution in [2.24, 2.45) is 0 Å². The molecule has 0 atom stereocenters. The van der Waals surface area contributed by atoms with Crippen molar-refractivity contribution in [1.29, 1.82) is 0 Å². The number of rotatable bonds is 2. The second-order valence-corrected chi connectivity index (χ2v) is 3.25. The molecule has 0 saturated carbocycles. The van der Waals surface area contributed by atoms with Crippen molar-refractivity contribution in [3.05, 3.63) is 53.9 Å². The number of phenolic OH excluding ortho intramolecular Hbond substituents is 2. The van der Waals surface area contributed by atoms with Gasteiger partial charge in [-0.15, -0.1) is 17.0 Å². The molecule has 0 aliphatic rings. The van der Waals surface area contributed by atoms with Crippen LogP contribution in [0.4, 0.5) is 0 Å². The second kappa shape index (κ2) is 5.45. The molecule has 0 spiro atoms. The second-order valence-electron chi connectivity index (χ2n) is 3.25. The molecule has 0 saturated heterocycles. The van der Waals surface area contributed by atoms with Crippen molar-refractivity contribution in [3.8, 4) is 11.5 Å². The van der Waals surface area contributed by atoms with Crippen LogP contribution in [0.25, 0.3) is 0 Å². The van der Waals surface area contributed by atoms with Gasteiger partial charge in [-0.2, -0.15) is 0 Å². The molecule has 2 rings (SSSR count). The summed E-state index contributed by atoms with van der Waals surface area (Å²) in [5.41, 5.74) is 0.585. The third kappa shape index (κ3) is 2.82. The summed E-state index contributed by atoms with van der Waals surface area (Å²) in [7, 11) is 0. The minimum Gasteiger partial charge on any atom is -0.504 e. The molecule has 17 heavy (non-hydrogen) atoms. The normalized spacial score (nSPS) is 9.41. The zero-order valence-corrected chi connectivity index (χ0v) is 10.4. The van der Waals surface area contributed by atoms with Gasteiger partial charge >= 0.3 is 0 Å². The highest BCUT2D eigenvalue weighted by molar-refractivity contribution is 8.93. The van der Waals surface area contributed by atoms with E-state index in [1.807, 2.05) is 0 Å². The molecule has 2 aromatic rings. The van der Waals surface area contributed by atoms with Crippen molar-refractivity contribution in [2.75, 3.05) is 0 Å². The summed E-state index contributed by atoms with van der Waals surface area (Å²) in [4.78, 5) is 15.8. The Bertz CT molecular complexity index is 529. The molecule has 0 bridgehead atoms. The molecule has 1 heterocycles. The van der Waals surface area contributed by atoms with Crippen LogP contribution >= 0.6 is 17.0 Å². The van der Waals surface area contributed by atoms with E-state index in [2.05, 4.69) is 4.98 Å². The Morgan fingerprint density at radius 1 is 1.06 bits per heavy atom. The Morgan fingerprint density at radius 2 is 1.82 bits per heavy atom. The van der Waals surface area contributed by atoms with Crippen molar-refractivity contribution in [2.45, 2.75) is 0 Å². The van der Waals surface area contributed by atoms with Crippen LogP contribution in [0.1, 0.15) is 16.1 Å². The topological polar surface area (TPSA) is 70.4 Å². The maximum absolute atomic E-state index is 11.9. The first kappa shape index (κ1) is 13.2. The smallest absolute Gasteiger partial charge is 0.211 e. The van der Waals surface area contributed by atoms with Gasteiger partial charge in [0, 0.05) is 11.8 Å². The van der Waals surface area contributed by atoms with Gasteiger partial charge < -0.3 is 10.2 Å². The number of carbonyl (C=O) groups excluding carboxylic acids is 1. The van der Waals surface area contributed by atoms with E-state index in [1.54, 1.807) is 18.2 Å². The molecule has 0 fully saturated rings. The predicted molar refractivity (Wildman–Crippen MR) is 67.8 cm³/mol. The van der Waals surface area contributed by atoms with E-state index in [9.17, 15) is 9.90 Å². The zero-order valence-electron chi connectivity index (χ0n) is 8.70. The highest BCUT2D eigenvalue weighted by Crippen LogP contribution is 2.25. The maximum Gasteiger partial charge on any atom is 0.211 e. The highest BCUT2D eigenvalue weighted by atomic mass is 79.9. The van der Waals surface area contributed by atoms with Gasteiger partial charge in [-0.1, -0.05) is 6.07 Å². The molecule has 0 unspecified atom stereocenters.